The van der Waals surface area contributed by atoms with E-state index in [0.717, 1.165) is 5.39 Å². The molecule has 0 radical (unpaired) electrons. The third kappa shape index (κ3) is 2.50. The summed E-state index contributed by atoms with van der Waals surface area (Å²) < 4.78 is 24.1. The van der Waals surface area contributed by atoms with Crippen LogP contribution in [-0.4, -0.2) is 35.2 Å². The number of nitrogens with zero attached hydrogens (tertiary/aromatic N) is 4. The van der Waals surface area contributed by atoms with E-state index in [9.17, 15) is 8.42 Å². The van der Waals surface area contributed by atoms with Crippen molar-refractivity contribution in [1.82, 2.24) is 25.2 Å². The second-order valence-corrected chi connectivity index (χ2v) is 5.99. The Morgan fingerprint density at radius 3 is 2.55 bits per heavy atom. The Bertz CT molecular complexity index is 918. The molecule has 0 spiro atoms. The molecule has 0 bridgehead atoms. The average molecular weight is 319 g/mol. The molecule has 0 amide bonds. The van der Waals surface area contributed by atoms with E-state index in [1.54, 1.807) is 30.1 Å². The molecule has 0 aliphatic carbocycles. The first-order chi connectivity index (χ1) is 10.5. The highest BCUT2D eigenvalue weighted by Crippen LogP contribution is 2.21. The van der Waals surface area contributed by atoms with E-state index >= 15 is 0 Å². The zero-order valence-electron chi connectivity index (χ0n) is 11.6. The smallest absolute Gasteiger partial charge is 0.238 e. The quantitative estimate of drug-likeness (QED) is 0.578. The third-order valence-corrected chi connectivity index (χ3v) is 3.95. The number of hydrogen-bond donors (Lipinski definition) is 3. The van der Waals surface area contributed by atoms with Crippen LogP contribution in [0.25, 0.3) is 16.7 Å². The van der Waals surface area contributed by atoms with Crippen molar-refractivity contribution < 1.29 is 8.42 Å². The number of benzene rings is 1. The molecule has 2 heterocycles. The van der Waals surface area contributed by atoms with Gasteiger partial charge in [0.05, 0.1) is 22.2 Å². The van der Waals surface area contributed by atoms with Crippen molar-refractivity contribution in [2.45, 2.75) is 4.90 Å². The van der Waals surface area contributed by atoms with Crippen LogP contribution >= 0.6 is 0 Å². The Labute approximate surface area is 126 Å². The van der Waals surface area contributed by atoms with Gasteiger partial charge in [-0.15, -0.1) is 0 Å². The molecule has 2 aromatic heterocycles. The number of anilines is 1. The Morgan fingerprint density at radius 2 is 1.91 bits per heavy atom. The molecule has 0 saturated heterocycles. The first-order valence-corrected chi connectivity index (χ1v) is 7.80. The summed E-state index contributed by atoms with van der Waals surface area (Å²) >= 11 is 0. The molecule has 0 unspecified atom stereocenters. The topological polar surface area (TPSA) is 128 Å². The van der Waals surface area contributed by atoms with Crippen molar-refractivity contribution in [2.24, 2.45) is 5.14 Å². The number of sulfonamides is 1. The Kier molecular flexibility index (Phi) is 3.48. The van der Waals surface area contributed by atoms with Crippen LogP contribution in [0.5, 0.6) is 0 Å². The van der Waals surface area contributed by atoms with Gasteiger partial charge in [0.1, 0.15) is 6.33 Å². The number of aromatic nitrogens is 4. The van der Waals surface area contributed by atoms with Gasteiger partial charge in [0, 0.05) is 7.05 Å². The first-order valence-electron chi connectivity index (χ1n) is 6.25. The van der Waals surface area contributed by atoms with Crippen molar-refractivity contribution in [3.63, 3.8) is 0 Å². The van der Waals surface area contributed by atoms with Gasteiger partial charge in [-0.25, -0.2) is 33.6 Å². The van der Waals surface area contributed by atoms with Gasteiger partial charge in [-0.05, 0) is 24.3 Å². The van der Waals surface area contributed by atoms with E-state index in [1.807, 2.05) is 0 Å². The van der Waals surface area contributed by atoms with Gasteiger partial charge in [0.15, 0.2) is 11.5 Å². The van der Waals surface area contributed by atoms with Gasteiger partial charge in [-0.1, -0.05) is 0 Å². The van der Waals surface area contributed by atoms with Gasteiger partial charge in [0.2, 0.25) is 10.0 Å². The van der Waals surface area contributed by atoms with E-state index < -0.39 is 10.0 Å². The van der Waals surface area contributed by atoms with E-state index in [4.69, 9.17) is 5.14 Å². The number of primary sulfonamides is 1. The Hall–Kier alpha value is -2.56. The standard InChI is InChI=1S/C12H13N7O2S/c1-14-18-11-10-6-17-19(12(10)16-7-15-11)8-2-4-9(5-3-8)22(13,20)21/h2-7,14H,1H3,(H2,13,20,21)(H,15,16,18). The number of nitrogens with one attached hydrogen (secondary N) is 2. The average Bonchev–Trinajstić information content (AvgIpc) is 2.92. The molecule has 0 atom stereocenters. The van der Waals surface area contributed by atoms with Crippen LogP contribution in [0.4, 0.5) is 5.82 Å². The molecule has 4 N–H and O–H groups in total. The van der Waals surface area contributed by atoms with Crippen molar-refractivity contribution >= 4 is 26.9 Å². The summed E-state index contributed by atoms with van der Waals surface area (Å²) in [6, 6.07) is 6.07. The number of hydrogen-bond acceptors (Lipinski definition) is 7. The molecule has 0 saturated carbocycles. The highest BCUT2D eigenvalue weighted by molar-refractivity contribution is 7.89. The van der Waals surface area contributed by atoms with E-state index in [2.05, 4.69) is 25.9 Å². The van der Waals surface area contributed by atoms with Crippen molar-refractivity contribution in [2.75, 3.05) is 12.5 Å². The molecule has 10 heteroatoms. The summed E-state index contributed by atoms with van der Waals surface area (Å²) in [6.07, 6.45) is 3.04. The van der Waals surface area contributed by atoms with E-state index in [1.165, 1.54) is 18.5 Å². The number of hydrazine groups is 1. The third-order valence-electron chi connectivity index (χ3n) is 3.02. The van der Waals surface area contributed by atoms with Crippen molar-refractivity contribution in [1.29, 1.82) is 0 Å². The molecule has 9 nitrogen and oxygen atoms in total. The van der Waals surface area contributed by atoms with Crippen LogP contribution in [-0.2, 0) is 10.0 Å². The maximum absolute atomic E-state index is 11.3. The fourth-order valence-electron chi connectivity index (χ4n) is 2.03. The molecule has 0 fully saturated rings. The fourth-order valence-corrected chi connectivity index (χ4v) is 2.54. The molecule has 3 aromatic rings. The molecule has 22 heavy (non-hydrogen) atoms. The van der Waals surface area contributed by atoms with Crippen molar-refractivity contribution in [3.05, 3.63) is 36.8 Å². The monoisotopic (exact) mass is 319 g/mol. The van der Waals surface area contributed by atoms with Crippen LogP contribution in [0.2, 0.25) is 0 Å². The molecule has 0 aliphatic heterocycles. The first kappa shape index (κ1) is 14.4. The number of nitrogens with two attached hydrogens (primary N) is 1. The summed E-state index contributed by atoms with van der Waals surface area (Å²) in [5.41, 5.74) is 6.94. The SMILES string of the molecule is CNNc1ncnc2c1cnn2-c1ccc(S(N)(=O)=O)cc1. The predicted octanol–water partition coefficient (Wildman–Crippen LogP) is 0.00920. The van der Waals surface area contributed by atoms with Crippen LogP contribution in [0, 0.1) is 0 Å². The summed E-state index contributed by atoms with van der Waals surface area (Å²) in [7, 11) is -1.99. The van der Waals surface area contributed by atoms with Crippen LogP contribution in [0.3, 0.4) is 0 Å². The molecular formula is C12H13N7O2S. The fraction of sp³-hybridized carbons (Fsp3) is 0.0833. The molecular weight excluding hydrogens is 306 g/mol. The minimum absolute atomic E-state index is 0.0416. The number of rotatable bonds is 4. The van der Waals surface area contributed by atoms with Gasteiger partial charge in [0.25, 0.3) is 0 Å². The highest BCUT2D eigenvalue weighted by Gasteiger charge is 2.12. The number of fused-ring (bicyclic) bond motifs is 1. The Balaban J connectivity index is 2.09. The van der Waals surface area contributed by atoms with Gasteiger partial charge in [-0.2, -0.15) is 5.10 Å². The van der Waals surface area contributed by atoms with Gasteiger partial charge < -0.3 is 5.43 Å². The molecule has 0 aliphatic rings. The molecule has 114 valence electrons. The zero-order valence-corrected chi connectivity index (χ0v) is 12.4. The van der Waals surface area contributed by atoms with E-state index in [-0.39, 0.29) is 4.90 Å². The lowest BCUT2D eigenvalue weighted by Crippen LogP contribution is -2.16. The van der Waals surface area contributed by atoms with Gasteiger partial charge >= 0.3 is 0 Å². The highest BCUT2D eigenvalue weighted by atomic mass is 32.2. The second kappa shape index (κ2) is 5.33. The lowest BCUT2D eigenvalue weighted by molar-refractivity contribution is 0.598. The van der Waals surface area contributed by atoms with Crippen LogP contribution in [0.1, 0.15) is 0 Å². The lowest BCUT2D eigenvalue weighted by atomic mass is 10.3. The summed E-state index contributed by atoms with van der Waals surface area (Å²) in [4.78, 5) is 8.37. The predicted molar refractivity (Wildman–Crippen MR) is 80.7 cm³/mol. The lowest BCUT2D eigenvalue weighted by Gasteiger charge is -2.06. The summed E-state index contributed by atoms with van der Waals surface area (Å²) in [5, 5.41) is 10.1. The second-order valence-electron chi connectivity index (χ2n) is 4.43. The van der Waals surface area contributed by atoms with Crippen LogP contribution < -0.4 is 16.0 Å². The minimum Gasteiger partial charge on any atom is -0.305 e. The summed E-state index contributed by atoms with van der Waals surface area (Å²) in [5.74, 6) is 0.597. The van der Waals surface area contributed by atoms with Gasteiger partial charge in [-0.3, -0.25) is 0 Å². The van der Waals surface area contributed by atoms with Crippen LogP contribution in [0.15, 0.2) is 41.7 Å². The largest absolute Gasteiger partial charge is 0.305 e. The van der Waals surface area contributed by atoms with Crippen molar-refractivity contribution in [3.8, 4) is 5.69 Å². The maximum atomic E-state index is 11.3. The Morgan fingerprint density at radius 1 is 1.18 bits per heavy atom. The summed E-state index contributed by atoms with van der Waals surface area (Å²) in [6.45, 7) is 0. The molecule has 3 rings (SSSR count). The normalized spacial score (nSPS) is 11.7. The van der Waals surface area contributed by atoms with E-state index in [0.29, 0.717) is 17.2 Å². The minimum atomic E-state index is -3.72. The zero-order chi connectivity index (χ0) is 15.7. The molecule has 1 aromatic carbocycles. The maximum Gasteiger partial charge on any atom is 0.238 e.